The summed E-state index contributed by atoms with van der Waals surface area (Å²) in [5.74, 6) is 0.206. The Labute approximate surface area is 111 Å². The van der Waals surface area contributed by atoms with Gasteiger partial charge in [0.15, 0.2) is 0 Å². The van der Waals surface area contributed by atoms with Gasteiger partial charge in [-0.1, -0.05) is 27.2 Å². The highest BCUT2D eigenvalue weighted by Gasteiger charge is 2.40. The van der Waals surface area contributed by atoms with Gasteiger partial charge in [-0.2, -0.15) is 0 Å². The standard InChI is InChI=1S/C14H28N2O2/c1-4-7-14(18)11-15(12-14)10-13(17)16(8-5-2)9-6-3/h18H,4-12H2,1-3H3. The maximum Gasteiger partial charge on any atom is 0.236 e. The third-order valence-corrected chi connectivity index (χ3v) is 3.45. The molecule has 1 amide bonds. The number of β-amino-alcohol motifs (C(OH)–C–C–N with tert-alkyl or cyclic N) is 1. The molecule has 1 N–H and O–H groups in total. The van der Waals surface area contributed by atoms with Crippen molar-refractivity contribution >= 4 is 5.91 Å². The fraction of sp³-hybridized carbons (Fsp3) is 0.929. The van der Waals surface area contributed by atoms with E-state index >= 15 is 0 Å². The summed E-state index contributed by atoms with van der Waals surface area (Å²) in [5.41, 5.74) is -0.532. The maximum atomic E-state index is 12.1. The van der Waals surface area contributed by atoms with Gasteiger partial charge in [-0.3, -0.25) is 9.69 Å². The van der Waals surface area contributed by atoms with Crippen LogP contribution in [0.15, 0.2) is 0 Å². The Morgan fingerprint density at radius 3 is 2.17 bits per heavy atom. The molecule has 1 saturated heterocycles. The molecule has 4 nitrogen and oxygen atoms in total. The normalized spacial score (nSPS) is 18.4. The number of carbonyl (C=O) groups is 1. The minimum Gasteiger partial charge on any atom is -0.387 e. The Bertz CT molecular complexity index is 257. The molecule has 0 aromatic rings. The van der Waals surface area contributed by atoms with Gasteiger partial charge in [0.2, 0.25) is 5.91 Å². The number of nitrogens with zero attached hydrogens (tertiary/aromatic N) is 2. The van der Waals surface area contributed by atoms with Gasteiger partial charge in [0.1, 0.15) is 0 Å². The second-order valence-corrected chi connectivity index (χ2v) is 5.50. The van der Waals surface area contributed by atoms with Gasteiger partial charge in [0.05, 0.1) is 12.1 Å². The van der Waals surface area contributed by atoms with Crippen LogP contribution in [-0.4, -0.2) is 59.1 Å². The number of likely N-dealkylation sites (tertiary alicyclic amines) is 1. The van der Waals surface area contributed by atoms with Gasteiger partial charge >= 0.3 is 0 Å². The predicted octanol–water partition coefficient (Wildman–Crippen LogP) is 1.48. The first-order chi connectivity index (χ1) is 8.54. The Morgan fingerprint density at radius 2 is 1.72 bits per heavy atom. The zero-order valence-corrected chi connectivity index (χ0v) is 12.1. The fourth-order valence-electron chi connectivity index (χ4n) is 2.71. The molecule has 0 aliphatic carbocycles. The lowest BCUT2D eigenvalue weighted by Gasteiger charge is -2.46. The van der Waals surface area contributed by atoms with E-state index in [4.69, 9.17) is 0 Å². The lowest BCUT2D eigenvalue weighted by molar-refractivity contribution is -0.142. The summed E-state index contributed by atoms with van der Waals surface area (Å²) in [6.07, 6.45) is 3.85. The molecule has 0 radical (unpaired) electrons. The highest BCUT2D eigenvalue weighted by atomic mass is 16.3. The van der Waals surface area contributed by atoms with E-state index < -0.39 is 5.60 Å². The van der Waals surface area contributed by atoms with Crippen LogP contribution in [0.25, 0.3) is 0 Å². The van der Waals surface area contributed by atoms with Crippen molar-refractivity contribution in [2.24, 2.45) is 0 Å². The van der Waals surface area contributed by atoms with Gasteiger partial charge in [-0.25, -0.2) is 0 Å². The van der Waals surface area contributed by atoms with Crippen LogP contribution in [0, 0.1) is 0 Å². The molecular formula is C14H28N2O2. The fourth-order valence-corrected chi connectivity index (χ4v) is 2.71. The molecule has 1 rings (SSSR count). The van der Waals surface area contributed by atoms with E-state index in [0.29, 0.717) is 19.6 Å². The van der Waals surface area contributed by atoms with Crippen LogP contribution in [0.2, 0.25) is 0 Å². The Kier molecular flexibility index (Phi) is 6.09. The molecular weight excluding hydrogens is 228 g/mol. The lowest BCUT2D eigenvalue weighted by Crippen LogP contribution is -2.63. The summed E-state index contributed by atoms with van der Waals surface area (Å²) < 4.78 is 0. The SMILES string of the molecule is CCCN(CCC)C(=O)CN1CC(O)(CCC)C1. The quantitative estimate of drug-likeness (QED) is 0.715. The van der Waals surface area contributed by atoms with E-state index in [-0.39, 0.29) is 5.91 Å². The van der Waals surface area contributed by atoms with Gasteiger partial charge in [-0.15, -0.1) is 0 Å². The summed E-state index contributed by atoms with van der Waals surface area (Å²) in [4.78, 5) is 16.1. The third-order valence-electron chi connectivity index (χ3n) is 3.45. The van der Waals surface area contributed by atoms with Gasteiger partial charge in [0, 0.05) is 26.2 Å². The van der Waals surface area contributed by atoms with E-state index in [1.165, 1.54) is 0 Å². The van der Waals surface area contributed by atoms with Crippen molar-refractivity contribution in [2.45, 2.75) is 52.1 Å². The molecule has 106 valence electrons. The van der Waals surface area contributed by atoms with Gasteiger partial charge in [-0.05, 0) is 19.3 Å². The number of carbonyl (C=O) groups excluding carboxylic acids is 1. The maximum absolute atomic E-state index is 12.1. The molecule has 0 aromatic carbocycles. The lowest BCUT2D eigenvalue weighted by atomic mass is 9.89. The zero-order chi connectivity index (χ0) is 13.6. The number of hydrogen-bond acceptors (Lipinski definition) is 3. The first kappa shape index (κ1) is 15.4. The molecule has 0 unspecified atom stereocenters. The molecule has 4 heteroatoms. The topological polar surface area (TPSA) is 43.8 Å². The smallest absolute Gasteiger partial charge is 0.236 e. The van der Waals surface area contributed by atoms with E-state index in [9.17, 15) is 9.90 Å². The van der Waals surface area contributed by atoms with Crippen LogP contribution in [0.4, 0.5) is 0 Å². The van der Waals surface area contributed by atoms with E-state index in [1.54, 1.807) is 0 Å². The molecule has 0 spiro atoms. The van der Waals surface area contributed by atoms with Gasteiger partial charge < -0.3 is 10.0 Å². The molecule has 0 aromatic heterocycles. The molecule has 1 aliphatic rings. The van der Waals surface area contributed by atoms with Crippen LogP contribution < -0.4 is 0 Å². The van der Waals surface area contributed by atoms with Crippen molar-refractivity contribution in [1.29, 1.82) is 0 Å². The van der Waals surface area contributed by atoms with Crippen molar-refractivity contribution in [2.75, 3.05) is 32.7 Å². The van der Waals surface area contributed by atoms with Crippen LogP contribution in [0.1, 0.15) is 46.5 Å². The van der Waals surface area contributed by atoms with Crippen LogP contribution in [-0.2, 0) is 4.79 Å². The second-order valence-electron chi connectivity index (χ2n) is 5.50. The van der Waals surface area contributed by atoms with Crippen molar-refractivity contribution in [1.82, 2.24) is 9.80 Å². The molecule has 18 heavy (non-hydrogen) atoms. The first-order valence-corrected chi connectivity index (χ1v) is 7.27. The average molecular weight is 256 g/mol. The minimum atomic E-state index is -0.532. The molecule has 1 fully saturated rings. The Hall–Kier alpha value is -0.610. The summed E-state index contributed by atoms with van der Waals surface area (Å²) in [6.45, 7) is 9.73. The summed E-state index contributed by atoms with van der Waals surface area (Å²) in [6, 6.07) is 0. The summed E-state index contributed by atoms with van der Waals surface area (Å²) in [5, 5.41) is 10.1. The van der Waals surface area contributed by atoms with Crippen LogP contribution >= 0.6 is 0 Å². The van der Waals surface area contributed by atoms with Crippen molar-refractivity contribution in [3.63, 3.8) is 0 Å². The average Bonchev–Trinajstić information content (AvgIpc) is 2.27. The van der Waals surface area contributed by atoms with Gasteiger partial charge in [0.25, 0.3) is 0 Å². The van der Waals surface area contributed by atoms with E-state index in [1.807, 2.05) is 4.90 Å². The third kappa shape index (κ3) is 4.25. The number of rotatable bonds is 8. The van der Waals surface area contributed by atoms with Crippen LogP contribution in [0.3, 0.4) is 0 Å². The van der Waals surface area contributed by atoms with E-state index in [2.05, 4.69) is 25.7 Å². The zero-order valence-electron chi connectivity index (χ0n) is 12.1. The second kappa shape index (κ2) is 7.10. The summed E-state index contributed by atoms with van der Waals surface area (Å²) >= 11 is 0. The Morgan fingerprint density at radius 1 is 1.17 bits per heavy atom. The van der Waals surface area contributed by atoms with Crippen molar-refractivity contribution in [3.05, 3.63) is 0 Å². The first-order valence-electron chi connectivity index (χ1n) is 7.27. The molecule has 1 heterocycles. The summed E-state index contributed by atoms with van der Waals surface area (Å²) in [7, 11) is 0. The highest BCUT2D eigenvalue weighted by Crippen LogP contribution is 2.25. The monoisotopic (exact) mass is 256 g/mol. The van der Waals surface area contributed by atoms with Crippen molar-refractivity contribution < 1.29 is 9.90 Å². The highest BCUT2D eigenvalue weighted by molar-refractivity contribution is 5.78. The Balaban J connectivity index is 2.32. The predicted molar refractivity (Wildman–Crippen MR) is 73.5 cm³/mol. The largest absolute Gasteiger partial charge is 0.387 e. The number of amides is 1. The number of hydrogen-bond donors (Lipinski definition) is 1. The molecule has 1 aliphatic heterocycles. The molecule has 0 bridgehead atoms. The van der Waals surface area contributed by atoms with Crippen LogP contribution in [0.5, 0.6) is 0 Å². The molecule has 0 atom stereocenters. The van der Waals surface area contributed by atoms with Crippen molar-refractivity contribution in [3.8, 4) is 0 Å². The molecule has 0 saturated carbocycles. The minimum absolute atomic E-state index is 0.206. The number of aliphatic hydroxyl groups is 1. The van der Waals surface area contributed by atoms with E-state index in [0.717, 1.165) is 38.8 Å².